The molecule has 1 N–H and O–H groups in total. The number of carboxylic acid groups (broad SMARTS) is 1. The van der Waals surface area contributed by atoms with Crippen LogP contribution in [0.5, 0.6) is 0 Å². The Morgan fingerprint density at radius 1 is 1.09 bits per heavy atom. The van der Waals surface area contributed by atoms with Gasteiger partial charge >= 0.3 is 5.97 Å². The molecular formula is C20H33NO2. The van der Waals surface area contributed by atoms with Crippen molar-refractivity contribution in [1.29, 1.82) is 0 Å². The quantitative estimate of drug-likeness (QED) is 0.799. The molecule has 5 aliphatic rings. The monoisotopic (exact) mass is 319 g/mol. The van der Waals surface area contributed by atoms with E-state index < -0.39 is 5.97 Å². The van der Waals surface area contributed by atoms with E-state index in [0.717, 1.165) is 30.7 Å². The van der Waals surface area contributed by atoms with Crippen molar-refractivity contribution in [3.8, 4) is 0 Å². The Hall–Kier alpha value is -0.570. The van der Waals surface area contributed by atoms with Crippen LogP contribution in [0.3, 0.4) is 0 Å². The molecule has 1 saturated heterocycles. The molecule has 3 heteroatoms. The van der Waals surface area contributed by atoms with Crippen LogP contribution >= 0.6 is 0 Å². The van der Waals surface area contributed by atoms with Crippen molar-refractivity contribution in [2.75, 3.05) is 19.6 Å². The fraction of sp³-hybridized carbons (Fsp3) is 0.950. The number of rotatable bonds is 6. The fourth-order valence-corrected chi connectivity index (χ4v) is 6.91. The second kappa shape index (κ2) is 6.38. The summed E-state index contributed by atoms with van der Waals surface area (Å²) < 4.78 is 0. The van der Waals surface area contributed by atoms with E-state index in [1.807, 2.05) is 0 Å². The van der Waals surface area contributed by atoms with Crippen LogP contribution in [-0.2, 0) is 4.79 Å². The Kier molecular flexibility index (Phi) is 4.42. The lowest BCUT2D eigenvalue weighted by Crippen LogP contribution is -2.48. The Morgan fingerprint density at radius 3 is 2.35 bits per heavy atom. The van der Waals surface area contributed by atoms with Gasteiger partial charge < -0.3 is 10.0 Å². The van der Waals surface area contributed by atoms with E-state index in [0.29, 0.717) is 17.8 Å². The van der Waals surface area contributed by atoms with Gasteiger partial charge in [0.05, 0.1) is 0 Å². The highest BCUT2D eigenvalue weighted by molar-refractivity contribution is 5.66. The highest BCUT2D eigenvalue weighted by Crippen LogP contribution is 2.61. The summed E-state index contributed by atoms with van der Waals surface area (Å²) in [5, 5.41) is 8.90. The molecule has 0 amide bonds. The van der Waals surface area contributed by atoms with Gasteiger partial charge in [-0.3, -0.25) is 4.79 Å². The Balaban J connectivity index is 1.28. The Bertz CT molecular complexity index is 412. The molecule has 130 valence electrons. The maximum atomic E-state index is 10.8. The zero-order valence-corrected chi connectivity index (χ0v) is 14.5. The summed E-state index contributed by atoms with van der Waals surface area (Å²) in [6, 6.07) is 0. The van der Waals surface area contributed by atoms with E-state index in [2.05, 4.69) is 4.90 Å². The first-order valence-corrected chi connectivity index (χ1v) is 10.0. The molecule has 4 aliphatic carbocycles. The number of nitrogens with zero attached hydrogens (tertiary/aromatic N) is 1. The number of hydrogen-bond acceptors (Lipinski definition) is 2. The number of hydrogen-bond donors (Lipinski definition) is 1. The number of likely N-dealkylation sites (tertiary alicyclic amines) is 1. The zero-order valence-electron chi connectivity index (χ0n) is 14.5. The van der Waals surface area contributed by atoms with E-state index in [4.69, 9.17) is 5.11 Å². The van der Waals surface area contributed by atoms with E-state index >= 15 is 0 Å². The van der Waals surface area contributed by atoms with Crippen LogP contribution in [0.15, 0.2) is 0 Å². The van der Waals surface area contributed by atoms with Gasteiger partial charge in [-0.2, -0.15) is 0 Å². The van der Waals surface area contributed by atoms with Crippen LogP contribution in [0.25, 0.3) is 0 Å². The topological polar surface area (TPSA) is 40.5 Å². The smallest absolute Gasteiger partial charge is 0.303 e. The highest BCUT2D eigenvalue weighted by atomic mass is 16.4. The number of piperidine rings is 1. The van der Waals surface area contributed by atoms with E-state index in [1.54, 1.807) is 19.3 Å². The lowest BCUT2D eigenvalue weighted by atomic mass is 9.49. The summed E-state index contributed by atoms with van der Waals surface area (Å²) in [5.74, 6) is 3.18. The molecule has 3 nitrogen and oxygen atoms in total. The van der Waals surface area contributed by atoms with E-state index in [1.165, 1.54) is 51.6 Å². The van der Waals surface area contributed by atoms with Crippen molar-refractivity contribution < 1.29 is 9.90 Å². The van der Waals surface area contributed by atoms with E-state index in [-0.39, 0.29) is 0 Å². The molecule has 4 saturated carbocycles. The van der Waals surface area contributed by atoms with Crippen molar-refractivity contribution in [1.82, 2.24) is 4.90 Å². The number of carboxylic acids is 1. The third-order valence-corrected chi connectivity index (χ3v) is 7.49. The summed E-state index contributed by atoms with van der Waals surface area (Å²) in [6.45, 7) is 3.67. The van der Waals surface area contributed by atoms with Gasteiger partial charge in [0, 0.05) is 13.0 Å². The lowest BCUT2D eigenvalue weighted by Gasteiger charge is -2.57. The van der Waals surface area contributed by atoms with Gasteiger partial charge in [-0.05, 0) is 106 Å². The minimum atomic E-state index is -0.629. The van der Waals surface area contributed by atoms with Gasteiger partial charge in [0.25, 0.3) is 0 Å². The first kappa shape index (κ1) is 15.9. The number of aliphatic carboxylic acids is 1. The maximum Gasteiger partial charge on any atom is 0.303 e. The Morgan fingerprint density at radius 2 is 1.74 bits per heavy atom. The Labute approximate surface area is 140 Å². The predicted octanol–water partition coefficient (Wildman–Crippen LogP) is 4.17. The summed E-state index contributed by atoms with van der Waals surface area (Å²) in [7, 11) is 0. The van der Waals surface area contributed by atoms with Crippen LogP contribution in [0.2, 0.25) is 0 Å². The maximum absolute atomic E-state index is 10.8. The molecule has 1 heterocycles. The number of carbonyl (C=O) groups is 1. The van der Waals surface area contributed by atoms with Crippen LogP contribution < -0.4 is 0 Å². The molecular weight excluding hydrogens is 286 g/mol. The molecule has 5 fully saturated rings. The first-order chi connectivity index (χ1) is 11.1. The second-order valence-corrected chi connectivity index (χ2v) is 9.41. The van der Waals surface area contributed by atoms with Gasteiger partial charge in [0.1, 0.15) is 0 Å². The predicted molar refractivity (Wildman–Crippen MR) is 91.3 cm³/mol. The molecule has 1 atom stereocenters. The molecule has 0 aromatic heterocycles. The van der Waals surface area contributed by atoms with Gasteiger partial charge in [0.15, 0.2) is 0 Å². The van der Waals surface area contributed by atoms with Gasteiger partial charge in [0.2, 0.25) is 0 Å². The second-order valence-electron chi connectivity index (χ2n) is 9.41. The minimum absolute atomic E-state index is 0.355. The molecule has 0 spiro atoms. The zero-order chi connectivity index (χ0) is 15.9. The van der Waals surface area contributed by atoms with Crippen LogP contribution in [0, 0.1) is 29.1 Å². The van der Waals surface area contributed by atoms with Crippen molar-refractivity contribution in [3.63, 3.8) is 0 Å². The van der Waals surface area contributed by atoms with Gasteiger partial charge in [-0.25, -0.2) is 0 Å². The molecule has 5 rings (SSSR count). The summed E-state index contributed by atoms with van der Waals surface area (Å²) in [6.07, 6.45) is 14.4. The summed E-state index contributed by atoms with van der Waals surface area (Å²) >= 11 is 0. The normalized spacial score (nSPS) is 43.0. The summed E-state index contributed by atoms with van der Waals surface area (Å²) in [4.78, 5) is 13.5. The fourth-order valence-electron chi connectivity index (χ4n) is 6.91. The van der Waals surface area contributed by atoms with Gasteiger partial charge in [-0.1, -0.05) is 0 Å². The largest absolute Gasteiger partial charge is 0.481 e. The highest BCUT2D eigenvalue weighted by Gasteiger charge is 2.50. The first-order valence-electron chi connectivity index (χ1n) is 10.0. The van der Waals surface area contributed by atoms with Crippen molar-refractivity contribution in [2.24, 2.45) is 29.1 Å². The van der Waals surface area contributed by atoms with Crippen LogP contribution in [0.4, 0.5) is 0 Å². The van der Waals surface area contributed by atoms with Crippen LogP contribution in [0.1, 0.15) is 70.6 Å². The molecule has 1 unspecified atom stereocenters. The van der Waals surface area contributed by atoms with Crippen molar-refractivity contribution >= 4 is 5.97 Å². The van der Waals surface area contributed by atoms with Crippen molar-refractivity contribution in [2.45, 2.75) is 70.6 Å². The van der Waals surface area contributed by atoms with Crippen LogP contribution in [-0.4, -0.2) is 35.6 Å². The molecule has 1 aliphatic heterocycles. The minimum Gasteiger partial charge on any atom is -0.481 e. The molecule has 0 radical (unpaired) electrons. The standard InChI is InChI=1S/C20H33NO2/c22-19(23)4-3-15-2-1-6-21(14-15)7-5-20-11-16-8-17(12-20)10-18(9-16)13-20/h15-18H,1-14H2,(H,22,23). The van der Waals surface area contributed by atoms with Crippen molar-refractivity contribution in [3.05, 3.63) is 0 Å². The van der Waals surface area contributed by atoms with Gasteiger partial charge in [-0.15, -0.1) is 0 Å². The lowest BCUT2D eigenvalue weighted by molar-refractivity contribution is -0.137. The molecule has 23 heavy (non-hydrogen) atoms. The average Bonchev–Trinajstić information content (AvgIpc) is 2.50. The van der Waals surface area contributed by atoms with E-state index in [9.17, 15) is 4.79 Å². The average molecular weight is 319 g/mol. The molecule has 0 aromatic carbocycles. The molecule has 4 bridgehead atoms. The third-order valence-electron chi connectivity index (χ3n) is 7.49. The summed E-state index contributed by atoms with van der Waals surface area (Å²) in [5.41, 5.74) is 0.697. The molecule has 0 aromatic rings. The SMILES string of the molecule is O=C(O)CCC1CCCN(CCC23CC4CC(CC(C4)C2)C3)C1. The third kappa shape index (κ3) is 3.60.